The van der Waals surface area contributed by atoms with E-state index in [4.69, 9.17) is 14.2 Å². The number of ether oxygens (including phenoxy) is 3. The molecule has 0 spiro atoms. The normalized spacial score (nSPS) is 18.8. The van der Waals surface area contributed by atoms with Gasteiger partial charge < -0.3 is 24.8 Å². The first-order valence-corrected chi connectivity index (χ1v) is 12.2. The highest BCUT2D eigenvalue weighted by atomic mass is 16.6. The molecule has 0 unspecified atom stereocenters. The molecule has 0 bridgehead atoms. The number of nitrogens with one attached hydrogen (secondary N) is 2. The molecule has 0 aliphatic carbocycles. The summed E-state index contributed by atoms with van der Waals surface area (Å²) in [7, 11) is 1.35. The second kappa shape index (κ2) is 14.6. The van der Waals surface area contributed by atoms with Crippen LogP contribution in [0.5, 0.6) is 0 Å². The second-order valence-electron chi connectivity index (χ2n) is 10.6. The highest BCUT2D eigenvalue weighted by Crippen LogP contribution is 2.15. The molecule has 0 radical (unpaired) electrons. The lowest BCUT2D eigenvalue weighted by atomic mass is 10.1. The summed E-state index contributed by atoms with van der Waals surface area (Å²) in [6.45, 7) is 16.8. The van der Waals surface area contributed by atoms with Crippen molar-refractivity contribution in [2.45, 2.75) is 71.6 Å². The van der Waals surface area contributed by atoms with E-state index in [9.17, 15) is 14.4 Å². The van der Waals surface area contributed by atoms with Crippen LogP contribution in [0, 0.1) is 0 Å². The van der Waals surface area contributed by atoms with Gasteiger partial charge >= 0.3 is 17.9 Å². The molecule has 10 nitrogen and oxygen atoms in total. The largest absolute Gasteiger partial charge is 0.469 e. The number of esters is 3. The van der Waals surface area contributed by atoms with Crippen LogP contribution in [-0.4, -0.2) is 111 Å². The zero-order valence-electron chi connectivity index (χ0n) is 22.2. The van der Waals surface area contributed by atoms with Gasteiger partial charge in [0.1, 0.15) is 17.2 Å². The van der Waals surface area contributed by atoms with Crippen LogP contribution in [0.25, 0.3) is 0 Å². The highest BCUT2D eigenvalue weighted by molar-refractivity contribution is 5.77. The third-order valence-corrected chi connectivity index (χ3v) is 5.10. The van der Waals surface area contributed by atoms with Crippen LogP contribution in [0.3, 0.4) is 0 Å². The number of carbonyl (C=O) groups is 3. The number of rotatable bonds is 7. The van der Waals surface area contributed by atoms with Gasteiger partial charge in [-0.05, 0) is 48.0 Å². The molecule has 1 fully saturated rings. The molecule has 1 atom stereocenters. The number of hydrogen-bond donors (Lipinski definition) is 2. The first-order chi connectivity index (χ1) is 15.8. The summed E-state index contributed by atoms with van der Waals surface area (Å²) < 4.78 is 15.9. The fraction of sp³-hybridized carbons (Fsp3) is 0.875. The molecule has 10 heteroatoms. The second-order valence-corrected chi connectivity index (χ2v) is 10.6. The van der Waals surface area contributed by atoms with Crippen molar-refractivity contribution in [1.29, 1.82) is 0 Å². The fourth-order valence-corrected chi connectivity index (χ4v) is 3.60. The summed E-state index contributed by atoms with van der Waals surface area (Å²) >= 11 is 0. The molecule has 34 heavy (non-hydrogen) atoms. The standard InChI is InChI=1S/C24H46N4O6/c1-23(2,3)33-21(30)18-27-14-10-25-12-16-28(17-13-26-11-15-27)19(8-9-20(29)32-7)22(31)34-24(4,5)6/h19,25-26H,8-18H2,1-7H3/t19-/m0/s1. The van der Waals surface area contributed by atoms with Crippen LogP contribution in [0.15, 0.2) is 0 Å². The Bertz CT molecular complexity index is 630. The van der Waals surface area contributed by atoms with Crippen LogP contribution in [-0.2, 0) is 28.6 Å². The Morgan fingerprint density at radius 2 is 1.29 bits per heavy atom. The molecule has 1 rings (SSSR count). The summed E-state index contributed by atoms with van der Waals surface area (Å²) in [5.41, 5.74) is -1.11. The maximum absolute atomic E-state index is 13.0. The predicted octanol–water partition coefficient (Wildman–Crippen LogP) is 0.788. The molecular formula is C24H46N4O6. The van der Waals surface area contributed by atoms with E-state index < -0.39 is 17.2 Å². The van der Waals surface area contributed by atoms with Crippen LogP contribution < -0.4 is 10.6 Å². The molecule has 0 saturated carbocycles. The molecule has 0 aromatic heterocycles. The van der Waals surface area contributed by atoms with Gasteiger partial charge in [-0.3, -0.25) is 24.2 Å². The van der Waals surface area contributed by atoms with Crippen molar-refractivity contribution in [3.8, 4) is 0 Å². The van der Waals surface area contributed by atoms with E-state index in [1.807, 2.05) is 41.5 Å². The molecule has 0 amide bonds. The van der Waals surface area contributed by atoms with E-state index in [0.717, 1.165) is 0 Å². The van der Waals surface area contributed by atoms with Crippen LogP contribution in [0.1, 0.15) is 54.4 Å². The molecule has 198 valence electrons. The lowest BCUT2D eigenvalue weighted by Crippen LogP contribution is -2.50. The van der Waals surface area contributed by atoms with Gasteiger partial charge in [0.2, 0.25) is 0 Å². The first-order valence-electron chi connectivity index (χ1n) is 12.2. The Morgan fingerprint density at radius 3 is 1.76 bits per heavy atom. The van der Waals surface area contributed by atoms with E-state index in [1.165, 1.54) is 7.11 Å². The molecular weight excluding hydrogens is 440 g/mol. The number of nitrogens with zero attached hydrogens (tertiary/aromatic N) is 2. The van der Waals surface area contributed by atoms with Crippen molar-refractivity contribution < 1.29 is 28.6 Å². The van der Waals surface area contributed by atoms with Gasteiger partial charge in [0.15, 0.2) is 0 Å². The summed E-state index contributed by atoms with van der Waals surface area (Å²) in [4.78, 5) is 41.1. The van der Waals surface area contributed by atoms with E-state index in [-0.39, 0.29) is 30.9 Å². The van der Waals surface area contributed by atoms with Crippen molar-refractivity contribution in [3.63, 3.8) is 0 Å². The van der Waals surface area contributed by atoms with Crippen molar-refractivity contribution in [2.75, 3.05) is 66.0 Å². The lowest BCUT2D eigenvalue weighted by Gasteiger charge is -2.33. The Hall–Kier alpha value is -1.75. The maximum Gasteiger partial charge on any atom is 0.323 e. The highest BCUT2D eigenvalue weighted by Gasteiger charge is 2.31. The van der Waals surface area contributed by atoms with Gasteiger partial charge in [0, 0.05) is 58.8 Å². The third-order valence-electron chi connectivity index (χ3n) is 5.10. The number of hydrogen-bond acceptors (Lipinski definition) is 10. The predicted molar refractivity (Wildman–Crippen MR) is 130 cm³/mol. The van der Waals surface area contributed by atoms with Gasteiger partial charge in [-0.1, -0.05) is 0 Å². The summed E-state index contributed by atoms with van der Waals surface area (Å²) in [5.74, 6) is -0.896. The van der Waals surface area contributed by atoms with Gasteiger partial charge in [-0.2, -0.15) is 0 Å². The summed E-state index contributed by atoms with van der Waals surface area (Å²) in [6.07, 6.45) is 0.489. The van der Waals surface area contributed by atoms with Crippen molar-refractivity contribution in [2.24, 2.45) is 0 Å². The summed E-state index contributed by atoms with van der Waals surface area (Å²) in [6, 6.07) is -0.534. The minimum absolute atomic E-state index is 0.150. The minimum Gasteiger partial charge on any atom is -0.469 e. The summed E-state index contributed by atoms with van der Waals surface area (Å²) in [5, 5.41) is 6.81. The minimum atomic E-state index is -0.610. The van der Waals surface area contributed by atoms with Crippen LogP contribution in [0.2, 0.25) is 0 Å². The van der Waals surface area contributed by atoms with Gasteiger partial charge in [0.25, 0.3) is 0 Å². The van der Waals surface area contributed by atoms with Gasteiger partial charge in [-0.25, -0.2) is 0 Å². The Morgan fingerprint density at radius 1 is 0.794 bits per heavy atom. The van der Waals surface area contributed by atoms with E-state index in [0.29, 0.717) is 58.8 Å². The van der Waals surface area contributed by atoms with Crippen molar-refractivity contribution in [3.05, 3.63) is 0 Å². The third kappa shape index (κ3) is 13.8. The Labute approximate surface area is 205 Å². The van der Waals surface area contributed by atoms with E-state index >= 15 is 0 Å². The van der Waals surface area contributed by atoms with E-state index in [1.54, 1.807) is 0 Å². The average molecular weight is 487 g/mol. The molecule has 0 aromatic carbocycles. The smallest absolute Gasteiger partial charge is 0.323 e. The SMILES string of the molecule is COC(=O)CC[C@@H](C(=O)OC(C)(C)C)N1CCNCCN(CC(=O)OC(C)(C)C)CCNCC1. The quantitative estimate of drug-likeness (QED) is 0.396. The Kier molecular flexibility index (Phi) is 13.0. The van der Waals surface area contributed by atoms with Crippen LogP contribution >= 0.6 is 0 Å². The molecule has 1 saturated heterocycles. The lowest BCUT2D eigenvalue weighted by molar-refractivity contribution is -0.162. The zero-order valence-corrected chi connectivity index (χ0v) is 22.2. The average Bonchev–Trinajstić information content (AvgIpc) is 2.68. The molecule has 1 aliphatic heterocycles. The Balaban J connectivity index is 2.74. The number of methoxy groups -OCH3 is 1. The molecule has 0 aromatic rings. The zero-order chi connectivity index (χ0) is 25.8. The maximum atomic E-state index is 13.0. The monoisotopic (exact) mass is 486 g/mol. The number of carbonyl (C=O) groups excluding carboxylic acids is 3. The van der Waals surface area contributed by atoms with Gasteiger partial charge in [0.05, 0.1) is 13.7 Å². The molecule has 2 N–H and O–H groups in total. The molecule has 1 aliphatic rings. The topological polar surface area (TPSA) is 109 Å². The van der Waals surface area contributed by atoms with Gasteiger partial charge in [-0.15, -0.1) is 0 Å². The van der Waals surface area contributed by atoms with Crippen molar-refractivity contribution >= 4 is 17.9 Å². The van der Waals surface area contributed by atoms with Crippen molar-refractivity contribution in [1.82, 2.24) is 20.4 Å². The van der Waals surface area contributed by atoms with E-state index in [2.05, 4.69) is 20.4 Å². The fourth-order valence-electron chi connectivity index (χ4n) is 3.60. The molecule has 1 heterocycles. The first kappa shape index (κ1) is 30.3. The van der Waals surface area contributed by atoms with Crippen LogP contribution in [0.4, 0.5) is 0 Å².